The van der Waals surface area contributed by atoms with E-state index in [4.69, 9.17) is 0 Å². The van der Waals surface area contributed by atoms with Crippen molar-refractivity contribution in [3.8, 4) is 0 Å². The Morgan fingerprint density at radius 3 is 3.11 bits per heavy atom. The normalized spacial score (nSPS) is 17.1. The van der Waals surface area contributed by atoms with Gasteiger partial charge in [0.15, 0.2) is 5.69 Å². The molecule has 92 valence electrons. The highest BCUT2D eigenvalue weighted by atomic mass is 16.5. The molecule has 1 aliphatic rings. The van der Waals surface area contributed by atoms with Crippen molar-refractivity contribution in [1.29, 1.82) is 0 Å². The Morgan fingerprint density at radius 2 is 2.28 bits per heavy atom. The van der Waals surface area contributed by atoms with Crippen LogP contribution in [0.4, 0.5) is 5.69 Å². The Morgan fingerprint density at radius 1 is 1.44 bits per heavy atom. The molecule has 1 aromatic heterocycles. The summed E-state index contributed by atoms with van der Waals surface area (Å²) in [6.45, 7) is 0.808. The van der Waals surface area contributed by atoms with E-state index >= 15 is 0 Å². The molecule has 1 unspecified atom stereocenters. The lowest BCUT2D eigenvalue weighted by Gasteiger charge is -2.06. The fourth-order valence-corrected chi connectivity index (χ4v) is 2.29. The lowest BCUT2D eigenvalue weighted by molar-refractivity contribution is 0.0594. The zero-order chi connectivity index (χ0) is 12.5. The summed E-state index contributed by atoms with van der Waals surface area (Å²) in [6, 6.07) is 9.89. The second kappa shape index (κ2) is 4.18. The zero-order valence-corrected chi connectivity index (χ0v) is 9.93. The van der Waals surface area contributed by atoms with E-state index in [-0.39, 0.29) is 5.92 Å². The molecule has 1 aromatic carbocycles. The predicted octanol–water partition coefficient (Wildman–Crippen LogP) is 1.75. The number of carbonyl (C=O) groups excluding carboxylic acids is 1. The molecule has 0 fully saturated rings. The summed E-state index contributed by atoms with van der Waals surface area (Å²) >= 11 is 0. The van der Waals surface area contributed by atoms with E-state index in [1.54, 1.807) is 6.07 Å². The average molecular weight is 243 g/mol. The van der Waals surface area contributed by atoms with E-state index in [2.05, 4.69) is 26.3 Å². The molecule has 2 N–H and O–H groups in total. The molecule has 0 saturated heterocycles. The predicted molar refractivity (Wildman–Crippen MR) is 66.7 cm³/mol. The van der Waals surface area contributed by atoms with Crippen LogP contribution in [0.1, 0.15) is 27.7 Å². The minimum absolute atomic E-state index is 0.201. The van der Waals surface area contributed by atoms with Crippen LogP contribution in [-0.2, 0) is 4.74 Å². The third-order valence-corrected chi connectivity index (χ3v) is 3.20. The monoisotopic (exact) mass is 243 g/mol. The Kier molecular flexibility index (Phi) is 2.51. The summed E-state index contributed by atoms with van der Waals surface area (Å²) in [7, 11) is 1.35. The van der Waals surface area contributed by atoms with Crippen molar-refractivity contribution >= 4 is 11.7 Å². The number of H-pyrrole nitrogens is 1. The molecular weight excluding hydrogens is 230 g/mol. The van der Waals surface area contributed by atoms with Crippen molar-refractivity contribution in [2.45, 2.75) is 5.92 Å². The largest absolute Gasteiger partial charge is 0.464 e. The Balaban J connectivity index is 1.93. The van der Waals surface area contributed by atoms with E-state index in [0.29, 0.717) is 5.69 Å². The van der Waals surface area contributed by atoms with E-state index < -0.39 is 5.97 Å². The third-order valence-electron chi connectivity index (χ3n) is 3.20. The van der Waals surface area contributed by atoms with Gasteiger partial charge in [-0.25, -0.2) is 4.79 Å². The van der Waals surface area contributed by atoms with Gasteiger partial charge in [0.25, 0.3) is 0 Å². The Hall–Kier alpha value is -2.30. The zero-order valence-electron chi connectivity index (χ0n) is 9.93. The maximum Gasteiger partial charge on any atom is 0.358 e. The summed E-state index contributed by atoms with van der Waals surface area (Å²) in [6.07, 6.45) is 0. The number of aromatic nitrogens is 2. The van der Waals surface area contributed by atoms with Gasteiger partial charge in [-0.15, -0.1) is 0 Å². The van der Waals surface area contributed by atoms with Gasteiger partial charge in [0.1, 0.15) is 0 Å². The minimum Gasteiger partial charge on any atom is -0.464 e. The number of hydrogen-bond acceptors (Lipinski definition) is 4. The smallest absolute Gasteiger partial charge is 0.358 e. The van der Waals surface area contributed by atoms with Gasteiger partial charge >= 0.3 is 5.97 Å². The molecule has 0 radical (unpaired) electrons. The lowest BCUT2D eigenvalue weighted by Crippen LogP contribution is -2.04. The fraction of sp³-hybridized carbons (Fsp3) is 0.231. The minimum atomic E-state index is -0.420. The molecule has 0 aliphatic carbocycles. The van der Waals surface area contributed by atoms with Gasteiger partial charge in [0.2, 0.25) is 0 Å². The molecule has 1 atom stereocenters. The van der Waals surface area contributed by atoms with E-state index in [9.17, 15) is 4.79 Å². The van der Waals surface area contributed by atoms with Gasteiger partial charge < -0.3 is 10.1 Å². The number of rotatable bonds is 2. The lowest BCUT2D eigenvalue weighted by atomic mass is 9.98. The second-order valence-corrected chi connectivity index (χ2v) is 4.22. The van der Waals surface area contributed by atoms with Crippen LogP contribution in [0, 0.1) is 0 Å². The number of nitrogens with zero attached hydrogens (tertiary/aromatic N) is 1. The van der Waals surface area contributed by atoms with Crippen LogP contribution in [-0.4, -0.2) is 29.8 Å². The number of benzene rings is 1. The number of fused-ring (bicyclic) bond motifs is 1. The van der Waals surface area contributed by atoms with Crippen LogP contribution < -0.4 is 5.32 Å². The summed E-state index contributed by atoms with van der Waals surface area (Å²) < 4.78 is 4.64. The van der Waals surface area contributed by atoms with Gasteiger partial charge in [-0.2, -0.15) is 5.10 Å². The first kappa shape index (κ1) is 10.8. The van der Waals surface area contributed by atoms with E-state index in [1.165, 1.54) is 12.7 Å². The first-order valence-electron chi connectivity index (χ1n) is 5.76. The number of methoxy groups -OCH3 is 1. The molecule has 5 heteroatoms. The first-order chi connectivity index (χ1) is 8.79. The van der Waals surface area contributed by atoms with Crippen LogP contribution in [0.25, 0.3) is 0 Å². The van der Waals surface area contributed by atoms with Crippen molar-refractivity contribution in [2.24, 2.45) is 0 Å². The van der Waals surface area contributed by atoms with E-state index in [1.807, 2.05) is 18.2 Å². The topological polar surface area (TPSA) is 67.0 Å². The van der Waals surface area contributed by atoms with Crippen LogP contribution in [0.5, 0.6) is 0 Å². The fourth-order valence-electron chi connectivity index (χ4n) is 2.29. The molecule has 0 amide bonds. The molecule has 0 bridgehead atoms. The Labute approximate surface area is 104 Å². The molecule has 1 aliphatic heterocycles. The summed E-state index contributed by atoms with van der Waals surface area (Å²) in [4.78, 5) is 11.4. The van der Waals surface area contributed by atoms with Gasteiger partial charge in [-0.3, -0.25) is 5.10 Å². The van der Waals surface area contributed by atoms with Crippen LogP contribution in [0.15, 0.2) is 30.3 Å². The summed E-state index contributed by atoms with van der Waals surface area (Å²) in [5.41, 5.74) is 3.60. The molecule has 5 nitrogen and oxygen atoms in total. The summed E-state index contributed by atoms with van der Waals surface area (Å²) in [5.74, 6) is -0.219. The number of hydrogen-bond donors (Lipinski definition) is 2. The molecule has 2 aromatic rings. The number of aromatic amines is 1. The quantitative estimate of drug-likeness (QED) is 0.789. The van der Waals surface area contributed by atoms with Crippen molar-refractivity contribution < 1.29 is 9.53 Å². The number of ether oxygens (including phenoxy) is 1. The number of nitrogens with one attached hydrogen (secondary N) is 2. The molecule has 0 spiro atoms. The average Bonchev–Trinajstić information content (AvgIpc) is 3.03. The van der Waals surface area contributed by atoms with Gasteiger partial charge in [0.05, 0.1) is 7.11 Å². The standard InChI is InChI=1S/C13H13N3O2/c1-18-13(17)12-6-11(15-16-12)9-7-14-10-5-3-2-4-8(9)10/h2-6,9,14H,7H2,1H3,(H,15,16). The maximum atomic E-state index is 11.4. The number of anilines is 1. The highest BCUT2D eigenvalue weighted by Crippen LogP contribution is 2.35. The molecule has 3 rings (SSSR count). The van der Waals surface area contributed by atoms with Crippen molar-refractivity contribution in [3.63, 3.8) is 0 Å². The first-order valence-corrected chi connectivity index (χ1v) is 5.76. The number of esters is 1. The molecule has 2 heterocycles. The van der Waals surface area contributed by atoms with Gasteiger partial charge in [-0.05, 0) is 17.7 Å². The molecular formula is C13H13N3O2. The Bertz CT molecular complexity index is 591. The maximum absolute atomic E-state index is 11.4. The van der Waals surface area contributed by atoms with Crippen LogP contribution in [0.2, 0.25) is 0 Å². The molecule has 0 saturated carbocycles. The number of carbonyl (C=O) groups is 1. The highest BCUT2D eigenvalue weighted by Gasteiger charge is 2.25. The third kappa shape index (κ3) is 1.64. The highest BCUT2D eigenvalue weighted by molar-refractivity contribution is 5.87. The summed E-state index contributed by atoms with van der Waals surface area (Å²) in [5, 5.41) is 10.2. The SMILES string of the molecule is COC(=O)c1cc(C2CNc3ccccc32)[nH]n1. The van der Waals surface area contributed by atoms with Crippen LogP contribution >= 0.6 is 0 Å². The number of para-hydroxylation sites is 1. The second-order valence-electron chi connectivity index (χ2n) is 4.22. The van der Waals surface area contributed by atoms with Crippen molar-refractivity contribution in [1.82, 2.24) is 10.2 Å². The van der Waals surface area contributed by atoms with Crippen LogP contribution in [0.3, 0.4) is 0 Å². The van der Waals surface area contributed by atoms with Gasteiger partial charge in [-0.1, -0.05) is 18.2 Å². The van der Waals surface area contributed by atoms with Crippen molar-refractivity contribution in [3.05, 3.63) is 47.3 Å². The van der Waals surface area contributed by atoms with E-state index in [0.717, 1.165) is 17.9 Å². The van der Waals surface area contributed by atoms with Gasteiger partial charge in [0, 0.05) is 23.8 Å². The van der Waals surface area contributed by atoms with Crippen molar-refractivity contribution in [2.75, 3.05) is 19.0 Å². The molecule has 18 heavy (non-hydrogen) atoms.